The highest BCUT2D eigenvalue weighted by Gasteiger charge is 2.27. The Bertz CT molecular complexity index is 779. The van der Waals surface area contributed by atoms with Crippen molar-refractivity contribution in [1.29, 1.82) is 0 Å². The molecule has 0 saturated carbocycles. The first-order valence-corrected chi connectivity index (χ1v) is 9.82. The van der Waals surface area contributed by atoms with Crippen molar-refractivity contribution >= 4 is 29.3 Å². The Labute approximate surface area is 163 Å². The van der Waals surface area contributed by atoms with Crippen molar-refractivity contribution < 1.29 is 14.3 Å². The number of hydrogen-bond acceptors (Lipinski definition) is 5. The third-order valence-electron chi connectivity index (χ3n) is 4.26. The summed E-state index contributed by atoms with van der Waals surface area (Å²) in [6.07, 6.45) is 0. The Morgan fingerprint density at radius 2 is 1.74 bits per heavy atom. The molecule has 1 aliphatic heterocycles. The normalized spacial score (nSPS) is 15.2. The number of carbonyl (C=O) groups excluding carboxylic acids is 2. The molecule has 7 heteroatoms. The first kappa shape index (κ1) is 19.3. The van der Waals surface area contributed by atoms with Crippen molar-refractivity contribution in [2.24, 2.45) is 5.73 Å². The lowest BCUT2D eigenvalue weighted by Crippen LogP contribution is -2.44. The summed E-state index contributed by atoms with van der Waals surface area (Å²) in [6.45, 7) is 2.28. The van der Waals surface area contributed by atoms with E-state index < -0.39 is 6.04 Å². The maximum absolute atomic E-state index is 13.2. The fourth-order valence-electron chi connectivity index (χ4n) is 2.92. The average Bonchev–Trinajstić information content (AvgIpc) is 2.72. The number of ether oxygens (including phenoxy) is 1. The zero-order valence-corrected chi connectivity index (χ0v) is 15.8. The van der Waals surface area contributed by atoms with Gasteiger partial charge in [0, 0.05) is 23.7 Å². The fourth-order valence-corrected chi connectivity index (χ4v) is 3.67. The number of carbonyl (C=O) groups is 2. The van der Waals surface area contributed by atoms with Crippen LogP contribution in [0, 0.1) is 0 Å². The summed E-state index contributed by atoms with van der Waals surface area (Å²) < 4.78 is 5.37. The van der Waals surface area contributed by atoms with Crippen molar-refractivity contribution in [1.82, 2.24) is 4.90 Å². The van der Waals surface area contributed by atoms with E-state index in [0.717, 1.165) is 16.1 Å². The van der Waals surface area contributed by atoms with Crippen LogP contribution in [0.5, 0.6) is 0 Å². The Balaban J connectivity index is 1.86. The lowest BCUT2D eigenvalue weighted by Gasteiger charge is -2.31. The molecule has 2 amide bonds. The van der Waals surface area contributed by atoms with Crippen LogP contribution in [0.3, 0.4) is 0 Å². The van der Waals surface area contributed by atoms with Crippen molar-refractivity contribution in [3.05, 3.63) is 60.2 Å². The molecule has 3 rings (SSSR count). The largest absolute Gasteiger partial charge is 0.378 e. The third kappa shape index (κ3) is 5.24. The zero-order chi connectivity index (χ0) is 19.1. The topological polar surface area (TPSA) is 84.7 Å². The van der Waals surface area contributed by atoms with Gasteiger partial charge in [-0.3, -0.25) is 9.59 Å². The van der Waals surface area contributed by atoms with Gasteiger partial charge in [-0.2, -0.15) is 0 Å². The van der Waals surface area contributed by atoms with Crippen molar-refractivity contribution in [3.63, 3.8) is 0 Å². The van der Waals surface area contributed by atoms with Crippen LogP contribution in [0.2, 0.25) is 0 Å². The molecule has 6 nitrogen and oxygen atoms in total. The molecule has 0 aliphatic carbocycles. The molecule has 0 radical (unpaired) electrons. The van der Waals surface area contributed by atoms with Crippen LogP contribution in [-0.2, 0) is 14.3 Å². The van der Waals surface area contributed by atoms with Gasteiger partial charge in [0.25, 0.3) is 0 Å². The van der Waals surface area contributed by atoms with Gasteiger partial charge < -0.3 is 20.7 Å². The summed E-state index contributed by atoms with van der Waals surface area (Å²) in [5, 5.41) is 3.38. The number of rotatable bonds is 7. The van der Waals surface area contributed by atoms with Gasteiger partial charge in [0.05, 0.1) is 19.0 Å². The number of benzene rings is 2. The Hall–Kier alpha value is -2.51. The highest BCUT2D eigenvalue weighted by molar-refractivity contribution is 8.00. The van der Waals surface area contributed by atoms with E-state index in [-0.39, 0.29) is 17.6 Å². The predicted octanol–water partition coefficient (Wildman–Crippen LogP) is 2.28. The third-order valence-corrected chi connectivity index (χ3v) is 5.36. The van der Waals surface area contributed by atoms with E-state index in [2.05, 4.69) is 5.32 Å². The monoisotopic (exact) mass is 385 g/mol. The van der Waals surface area contributed by atoms with Gasteiger partial charge in [-0.25, -0.2) is 0 Å². The molecule has 1 atom stereocenters. The molecular weight excluding hydrogens is 362 g/mol. The second kappa shape index (κ2) is 9.43. The summed E-state index contributed by atoms with van der Waals surface area (Å²) in [7, 11) is 0. The molecule has 3 N–H and O–H groups in total. The number of para-hydroxylation sites is 1. The van der Waals surface area contributed by atoms with E-state index in [1.165, 1.54) is 11.8 Å². The van der Waals surface area contributed by atoms with Gasteiger partial charge in [0.1, 0.15) is 6.04 Å². The van der Waals surface area contributed by atoms with Gasteiger partial charge in [-0.05, 0) is 17.7 Å². The maximum atomic E-state index is 13.2. The van der Waals surface area contributed by atoms with E-state index in [0.29, 0.717) is 26.3 Å². The molecule has 142 valence electrons. The number of thioether (sulfide) groups is 1. The molecule has 0 unspecified atom stereocenters. The summed E-state index contributed by atoms with van der Waals surface area (Å²) in [5.41, 5.74) is 6.97. The van der Waals surface area contributed by atoms with Crippen LogP contribution in [-0.4, -0.2) is 48.8 Å². The second-order valence-electron chi connectivity index (χ2n) is 6.18. The lowest BCUT2D eigenvalue weighted by molar-refractivity contribution is -0.136. The molecule has 27 heavy (non-hydrogen) atoms. The standard InChI is InChI=1S/C20H23N3O3S/c21-18(24)14-27-17-9-5-4-8-16(17)22-19(15-6-2-1-3-7-15)20(25)23-10-12-26-13-11-23/h1-9,19,22H,10-14H2,(H2,21,24)/t19-/m0/s1. The molecular formula is C20H23N3O3S. The Kier molecular flexibility index (Phi) is 6.73. The van der Waals surface area contributed by atoms with Crippen LogP contribution in [0.1, 0.15) is 11.6 Å². The van der Waals surface area contributed by atoms with E-state index in [1.54, 1.807) is 0 Å². The van der Waals surface area contributed by atoms with Crippen LogP contribution in [0.4, 0.5) is 5.69 Å². The lowest BCUT2D eigenvalue weighted by atomic mass is 10.0. The molecule has 0 spiro atoms. The summed E-state index contributed by atoms with van der Waals surface area (Å²) in [5.74, 6) is -0.176. The highest BCUT2D eigenvalue weighted by atomic mass is 32.2. The van der Waals surface area contributed by atoms with Gasteiger partial charge >= 0.3 is 0 Å². The molecule has 1 fully saturated rings. The van der Waals surface area contributed by atoms with Crippen molar-refractivity contribution in [2.45, 2.75) is 10.9 Å². The highest BCUT2D eigenvalue weighted by Crippen LogP contribution is 2.30. The van der Waals surface area contributed by atoms with Gasteiger partial charge in [-0.1, -0.05) is 42.5 Å². The fraction of sp³-hybridized carbons (Fsp3) is 0.300. The smallest absolute Gasteiger partial charge is 0.249 e. The molecule has 1 aliphatic rings. The molecule has 0 bridgehead atoms. The van der Waals surface area contributed by atoms with Crippen LogP contribution < -0.4 is 11.1 Å². The van der Waals surface area contributed by atoms with E-state index in [9.17, 15) is 9.59 Å². The van der Waals surface area contributed by atoms with E-state index in [4.69, 9.17) is 10.5 Å². The molecule has 0 aromatic heterocycles. The number of nitrogens with one attached hydrogen (secondary N) is 1. The van der Waals surface area contributed by atoms with E-state index in [1.807, 2.05) is 59.5 Å². The van der Waals surface area contributed by atoms with Crippen LogP contribution in [0.25, 0.3) is 0 Å². The molecule has 1 heterocycles. The summed E-state index contributed by atoms with van der Waals surface area (Å²) in [6, 6.07) is 16.8. The zero-order valence-electron chi connectivity index (χ0n) is 15.0. The van der Waals surface area contributed by atoms with Crippen LogP contribution in [0.15, 0.2) is 59.5 Å². The van der Waals surface area contributed by atoms with Gasteiger partial charge in [-0.15, -0.1) is 11.8 Å². The summed E-state index contributed by atoms with van der Waals surface area (Å²) >= 11 is 1.36. The van der Waals surface area contributed by atoms with Crippen LogP contribution >= 0.6 is 11.8 Å². The number of morpholine rings is 1. The Morgan fingerprint density at radius 3 is 2.44 bits per heavy atom. The molecule has 1 saturated heterocycles. The SMILES string of the molecule is NC(=O)CSc1ccccc1N[C@H](C(=O)N1CCOCC1)c1ccccc1. The van der Waals surface area contributed by atoms with Gasteiger partial charge in [0.2, 0.25) is 11.8 Å². The molecule has 2 aromatic rings. The minimum Gasteiger partial charge on any atom is -0.378 e. The van der Waals surface area contributed by atoms with E-state index >= 15 is 0 Å². The number of amides is 2. The minimum absolute atomic E-state index is 0.0132. The first-order chi connectivity index (χ1) is 13.1. The minimum atomic E-state index is -0.514. The maximum Gasteiger partial charge on any atom is 0.249 e. The molecule has 2 aromatic carbocycles. The average molecular weight is 385 g/mol. The summed E-state index contributed by atoms with van der Waals surface area (Å²) in [4.78, 5) is 27.1. The number of nitrogens with two attached hydrogens (primary N) is 1. The van der Waals surface area contributed by atoms with Crippen molar-refractivity contribution in [2.75, 3.05) is 37.4 Å². The second-order valence-corrected chi connectivity index (χ2v) is 7.19. The quantitative estimate of drug-likeness (QED) is 0.715. The number of anilines is 1. The Morgan fingerprint density at radius 1 is 1.07 bits per heavy atom. The van der Waals surface area contributed by atoms with Gasteiger partial charge in [0.15, 0.2) is 0 Å². The number of primary amides is 1. The number of nitrogens with zero attached hydrogens (tertiary/aromatic N) is 1. The number of hydrogen-bond donors (Lipinski definition) is 2. The van der Waals surface area contributed by atoms with Crippen molar-refractivity contribution in [3.8, 4) is 0 Å². The first-order valence-electron chi connectivity index (χ1n) is 8.83. The predicted molar refractivity (Wildman–Crippen MR) is 107 cm³/mol.